The van der Waals surface area contributed by atoms with Gasteiger partial charge in [0, 0.05) is 75.3 Å². The van der Waals surface area contributed by atoms with Crippen molar-refractivity contribution in [1.29, 1.82) is 0 Å². The van der Waals surface area contributed by atoms with Crippen LogP contribution in [0.25, 0.3) is 0 Å². The number of methoxy groups -OCH3 is 3. The van der Waals surface area contributed by atoms with E-state index in [1.165, 1.54) is 68.2 Å². The number of carbonyl (C=O) groups is 4. The highest BCUT2D eigenvalue weighted by Crippen LogP contribution is 2.29. The van der Waals surface area contributed by atoms with Crippen LogP contribution in [0, 0.1) is 0 Å². The third-order valence-electron chi connectivity index (χ3n) is 6.90. The second-order valence-corrected chi connectivity index (χ2v) is 31.4. The Morgan fingerprint density at radius 2 is 0.663 bits per heavy atom. The van der Waals surface area contributed by atoms with Crippen molar-refractivity contribution in [3.63, 3.8) is 0 Å². The molecular weight excluding hydrogens is 1660 g/mol. The molecule has 24 nitrogen and oxygen atoms in total. The Balaban J connectivity index is -0.0000000714. The Bertz CT molecular complexity index is 2190. The molecule has 0 atom stereocenters. The van der Waals surface area contributed by atoms with Crippen LogP contribution in [0.4, 0.5) is 19.2 Å². The molecule has 2 heterocycles. The summed E-state index contributed by atoms with van der Waals surface area (Å²) in [5, 5.41) is 16.4. The Labute approximate surface area is 686 Å². The van der Waals surface area contributed by atoms with Crippen molar-refractivity contribution in [3.05, 3.63) is 133 Å². The zero-order valence-corrected chi connectivity index (χ0v) is 75.6. The number of carbonyl (C=O) groups excluding carboxylic acids is 12. The number of ether oxygens (including phenoxy) is 7. The number of hydrogen-bond donors (Lipinski definition) is 5. The smallest absolute Gasteiger partial charge is 0.449 e. The number of nitrogens with two attached hydrogens (primary N) is 2. The van der Waals surface area contributed by atoms with Crippen molar-refractivity contribution in [2.45, 2.75) is 23.0 Å². The summed E-state index contributed by atoms with van der Waals surface area (Å²) in [4.78, 5) is 111. The molecule has 0 unspecified atom stereocenters. The van der Waals surface area contributed by atoms with Crippen molar-refractivity contribution in [2.75, 3.05) is 179 Å². The summed E-state index contributed by atoms with van der Waals surface area (Å²) in [6, 6.07) is 15.7. The van der Waals surface area contributed by atoms with E-state index in [2.05, 4.69) is 48.9 Å². The van der Waals surface area contributed by atoms with Gasteiger partial charge in [-0.3, -0.25) is 0 Å². The number of hydrogen-bond acceptors (Lipinski definition) is 39. The maximum atomic E-state index is 10.7. The average molecular weight is 1770 g/mol. The van der Waals surface area contributed by atoms with Gasteiger partial charge in [0.1, 0.15) is 26.4 Å². The van der Waals surface area contributed by atoms with Gasteiger partial charge in [-0.25, -0.2) is 19.2 Å². The zero-order valence-electron chi connectivity index (χ0n) is 62.6. The van der Waals surface area contributed by atoms with E-state index in [-0.39, 0.29) is 43.9 Å². The maximum absolute atomic E-state index is 10.7. The van der Waals surface area contributed by atoms with E-state index in [1.54, 1.807) is 140 Å². The first-order valence-corrected chi connectivity index (χ1v) is 48.1. The van der Waals surface area contributed by atoms with Gasteiger partial charge in [-0.05, 0) is 160 Å². The summed E-state index contributed by atoms with van der Waals surface area (Å²) in [5.41, 5.74) is 12.9. The monoisotopic (exact) mass is 1770 g/mol. The highest BCUT2D eigenvalue weighted by Gasteiger charge is 2.04. The van der Waals surface area contributed by atoms with Gasteiger partial charge in [0.25, 0.3) is 0 Å². The molecule has 600 valence electrons. The second kappa shape index (κ2) is 135. The molecule has 2 aromatic rings. The Hall–Kier alpha value is -3.60. The van der Waals surface area contributed by atoms with Crippen LogP contribution >= 0.6 is 181 Å². The molecule has 2 fully saturated rings. The number of alkyl carbamates (subject to hydrolysis) is 1. The van der Waals surface area contributed by atoms with Gasteiger partial charge in [-0.15, -0.1) is 0 Å². The fourth-order valence-electron chi connectivity index (χ4n) is 3.48. The predicted octanol–water partition coefficient (Wildman–Crippen LogP) is 15.3. The van der Waals surface area contributed by atoms with Crippen LogP contribution in [-0.4, -0.2) is 249 Å². The van der Waals surface area contributed by atoms with Gasteiger partial charge in [-0.1, -0.05) is 173 Å². The van der Waals surface area contributed by atoms with E-state index >= 15 is 0 Å². The fraction of sp³-hybridized carbons (Fsp3) is 0.469. The number of thiocarbonyl (C=S) groups is 2. The van der Waals surface area contributed by atoms with Crippen LogP contribution in [0.1, 0.15) is 11.1 Å². The SMILES string of the molecule is C1CS1.C1CS1.C=C1C=CC(=S)C=C1.C=C1C=CC(=S)C=C1.CN.CN.CNC(=O)OCCSSC.CO.CO.COC(=O)OCCSSC.COC(=O)OCc1ccc(SSC)cc1.COC(=O)OCc1ccc(SSC)cc1.CSC.CSC.CSC.CSC.O=C=O.O=C=O.O=C=O.O=C=O. The van der Waals surface area contributed by atoms with Crippen LogP contribution in [0.2, 0.25) is 0 Å². The number of amides is 1. The van der Waals surface area contributed by atoms with E-state index in [0.29, 0.717) is 13.2 Å². The number of rotatable bonds is 16. The van der Waals surface area contributed by atoms with E-state index in [4.69, 9.17) is 87.2 Å². The van der Waals surface area contributed by atoms with Gasteiger partial charge in [0.2, 0.25) is 0 Å². The molecule has 0 spiro atoms. The quantitative estimate of drug-likeness (QED) is 0.0260. The van der Waals surface area contributed by atoms with Crippen molar-refractivity contribution in [1.82, 2.24) is 5.32 Å². The molecule has 4 aliphatic rings. The summed E-state index contributed by atoms with van der Waals surface area (Å²) in [6.07, 6.45) is 38.2. The fourth-order valence-corrected chi connectivity index (χ4v) is 8.50. The van der Waals surface area contributed by atoms with Crippen LogP contribution < -0.4 is 16.8 Å². The van der Waals surface area contributed by atoms with E-state index in [1.807, 2.05) is 196 Å². The minimum absolute atomic E-state index is 0.247. The number of thioether (sulfide) groups is 6. The largest absolute Gasteiger partial charge is 0.508 e. The second-order valence-electron chi connectivity index (χ2n) is 14.4. The lowest BCUT2D eigenvalue weighted by Crippen LogP contribution is -2.20. The molecule has 104 heavy (non-hydrogen) atoms. The highest BCUT2D eigenvalue weighted by molar-refractivity contribution is 8.77. The Morgan fingerprint density at radius 1 is 0.442 bits per heavy atom. The number of nitrogens with one attached hydrogen (secondary N) is 1. The molecule has 1 amide bonds. The molecule has 2 aliphatic carbocycles. The molecule has 2 aromatic carbocycles. The third kappa shape index (κ3) is 169. The lowest BCUT2D eigenvalue weighted by atomic mass is 10.1. The topological polar surface area (TPSA) is 374 Å². The number of benzene rings is 2. The van der Waals surface area contributed by atoms with Crippen LogP contribution in [0.3, 0.4) is 0 Å². The normalized spacial score (nSPS) is 9.85. The lowest BCUT2D eigenvalue weighted by Gasteiger charge is -2.03. The Kier molecular flexibility index (Phi) is 173. The van der Waals surface area contributed by atoms with E-state index < -0.39 is 18.5 Å². The summed E-state index contributed by atoms with van der Waals surface area (Å²) < 4.78 is 31.9. The van der Waals surface area contributed by atoms with Gasteiger partial charge in [0.05, 0.1) is 21.3 Å². The van der Waals surface area contributed by atoms with E-state index in [0.717, 1.165) is 57.7 Å². The summed E-state index contributed by atoms with van der Waals surface area (Å²) in [7, 11) is 23.8. The minimum atomic E-state index is -0.655. The molecule has 40 heteroatoms. The first-order valence-electron chi connectivity index (χ1n) is 27.9. The van der Waals surface area contributed by atoms with Crippen LogP contribution in [-0.2, 0) is 84.7 Å². The highest BCUT2D eigenvalue weighted by atomic mass is 33.1. The first kappa shape index (κ1) is 133. The first-order chi connectivity index (χ1) is 50.0. The molecule has 0 radical (unpaired) electrons. The summed E-state index contributed by atoms with van der Waals surface area (Å²) >= 11 is 20.7. The summed E-state index contributed by atoms with van der Waals surface area (Å²) in [5.74, 6) is 7.31. The zero-order chi connectivity index (χ0) is 83.7. The molecule has 0 bridgehead atoms. The predicted molar refractivity (Wildman–Crippen MR) is 466 cm³/mol. The van der Waals surface area contributed by atoms with Gasteiger partial charge in [0.15, 0.2) is 0 Å². The van der Waals surface area contributed by atoms with Crippen molar-refractivity contribution >= 4 is 240 Å². The molecular formula is C64H107N3O21S16. The van der Waals surface area contributed by atoms with Crippen LogP contribution in [0.5, 0.6) is 0 Å². The third-order valence-corrected chi connectivity index (χ3v) is 15.2. The standard InChI is InChI=1S/2C10H12O3S2.2C7H6S.C5H11NO2S2.C5H10O3S2.2C2H4S.4C2H6S.2CH5N.4CO2.2CH4O/c2*1-12-10(11)13-7-8-3-5-9(6-4-8)15-14-2;2*1-6-2-4-7(8)5-3-6;1-6-5(7)8-3-4-10-9-2;1-7-5(6)8-3-4-10-9-2;2*1-2-3-1;4*1-3-2;2*1-2;4*2-1-3;2*1-2/h2*3-6H,7H2,1-2H3;2*2-5H,1H2;3-4H2,1-2H3,(H,6,7);3-4H2,1-2H3;2*1-2H2;4*1-2H3;2*2H2,1H3;;;;;2*2H,1H3. The molecule has 6 rings (SSSR count). The maximum Gasteiger partial charge on any atom is 0.508 e. The van der Waals surface area contributed by atoms with Crippen LogP contribution in [0.15, 0.2) is 131 Å². The Morgan fingerprint density at radius 3 is 0.846 bits per heavy atom. The van der Waals surface area contributed by atoms with Crippen molar-refractivity contribution < 1.29 is 101 Å². The number of aliphatic hydroxyl groups is 2. The average Bonchev–Trinajstić information content (AvgIpc) is 1.94. The van der Waals surface area contributed by atoms with Crippen molar-refractivity contribution in [3.8, 4) is 0 Å². The van der Waals surface area contributed by atoms with Gasteiger partial charge >= 0.3 is 49.2 Å². The number of allylic oxidation sites excluding steroid dienone is 10. The molecule has 7 N–H and O–H groups in total. The molecule has 2 aliphatic heterocycles. The van der Waals surface area contributed by atoms with E-state index in [9.17, 15) is 19.2 Å². The van der Waals surface area contributed by atoms with Crippen molar-refractivity contribution in [2.24, 2.45) is 11.5 Å². The van der Waals surface area contributed by atoms with Gasteiger partial charge < -0.3 is 60.2 Å². The lowest BCUT2D eigenvalue weighted by molar-refractivity contribution is -0.193. The molecule has 0 saturated carbocycles. The molecule has 2 saturated heterocycles. The van der Waals surface area contributed by atoms with Gasteiger partial charge in [-0.2, -0.15) is 109 Å². The number of aliphatic hydroxyl groups excluding tert-OH is 2. The minimum Gasteiger partial charge on any atom is -0.449 e. The summed E-state index contributed by atoms with van der Waals surface area (Å²) in [6.45, 7) is 8.82. The molecule has 0 aromatic heterocycles.